The Hall–Kier alpha value is -1.76. The SMILES string of the molecule is CCC1(C#N)C=C(C(=O)O)C=CN1. The Kier molecular flexibility index (Phi) is 2.38. The van der Waals surface area contributed by atoms with E-state index in [4.69, 9.17) is 10.4 Å². The third-order valence-electron chi connectivity index (χ3n) is 2.01. The number of nitriles is 1. The molecule has 13 heavy (non-hydrogen) atoms. The predicted octanol–water partition coefficient (Wildman–Crippen LogP) is 0.787. The molecule has 1 atom stereocenters. The van der Waals surface area contributed by atoms with Crippen LogP contribution >= 0.6 is 0 Å². The third-order valence-corrected chi connectivity index (χ3v) is 2.01. The van der Waals surface area contributed by atoms with E-state index in [2.05, 4.69) is 5.32 Å². The summed E-state index contributed by atoms with van der Waals surface area (Å²) in [4.78, 5) is 10.6. The zero-order valence-electron chi connectivity index (χ0n) is 7.24. The molecular formula is C9H10N2O2. The second kappa shape index (κ2) is 3.31. The molecule has 0 aromatic heterocycles. The van der Waals surface area contributed by atoms with Crippen LogP contribution in [0, 0.1) is 11.3 Å². The highest BCUT2D eigenvalue weighted by molar-refractivity contribution is 5.90. The highest BCUT2D eigenvalue weighted by Gasteiger charge is 2.27. The van der Waals surface area contributed by atoms with Gasteiger partial charge in [0.2, 0.25) is 0 Å². The zero-order chi connectivity index (χ0) is 9.90. The Balaban J connectivity index is 3.02. The Labute approximate surface area is 76.2 Å². The van der Waals surface area contributed by atoms with Gasteiger partial charge in [0.05, 0.1) is 11.6 Å². The van der Waals surface area contributed by atoms with Crippen LogP contribution in [0.1, 0.15) is 13.3 Å². The summed E-state index contributed by atoms with van der Waals surface area (Å²) in [7, 11) is 0. The van der Waals surface area contributed by atoms with Gasteiger partial charge in [-0.2, -0.15) is 5.26 Å². The molecule has 1 aliphatic heterocycles. The number of nitrogens with zero attached hydrogens (tertiary/aromatic N) is 1. The highest BCUT2D eigenvalue weighted by Crippen LogP contribution is 2.18. The fourth-order valence-electron chi connectivity index (χ4n) is 1.12. The van der Waals surface area contributed by atoms with Gasteiger partial charge in [0.25, 0.3) is 0 Å². The molecule has 2 N–H and O–H groups in total. The summed E-state index contributed by atoms with van der Waals surface area (Å²) in [5.74, 6) is -1.01. The van der Waals surface area contributed by atoms with E-state index < -0.39 is 11.5 Å². The first-order valence-electron chi connectivity index (χ1n) is 3.95. The molecule has 0 fully saturated rings. The molecule has 0 aromatic carbocycles. The van der Waals surface area contributed by atoms with Crippen molar-refractivity contribution in [1.82, 2.24) is 5.32 Å². The molecule has 0 bridgehead atoms. The van der Waals surface area contributed by atoms with E-state index in [1.54, 1.807) is 0 Å². The molecule has 0 amide bonds. The van der Waals surface area contributed by atoms with Gasteiger partial charge in [0.1, 0.15) is 5.54 Å². The van der Waals surface area contributed by atoms with Crippen molar-refractivity contribution in [1.29, 1.82) is 5.26 Å². The van der Waals surface area contributed by atoms with E-state index >= 15 is 0 Å². The minimum atomic E-state index is -1.01. The van der Waals surface area contributed by atoms with Crippen LogP contribution in [-0.2, 0) is 4.79 Å². The first-order valence-corrected chi connectivity index (χ1v) is 3.95. The largest absolute Gasteiger partial charge is 0.478 e. The molecule has 1 heterocycles. The Morgan fingerprint density at radius 2 is 2.54 bits per heavy atom. The first kappa shape index (κ1) is 9.33. The third kappa shape index (κ3) is 1.70. The summed E-state index contributed by atoms with van der Waals surface area (Å²) in [6.45, 7) is 1.82. The molecule has 0 aromatic rings. The van der Waals surface area contributed by atoms with Crippen molar-refractivity contribution in [3.05, 3.63) is 23.9 Å². The number of nitrogens with one attached hydrogen (secondary N) is 1. The maximum absolute atomic E-state index is 10.6. The minimum Gasteiger partial charge on any atom is -0.478 e. The molecule has 0 aliphatic carbocycles. The monoisotopic (exact) mass is 178 g/mol. The molecule has 0 saturated carbocycles. The van der Waals surface area contributed by atoms with Gasteiger partial charge >= 0.3 is 5.97 Å². The van der Waals surface area contributed by atoms with Crippen LogP contribution in [0.25, 0.3) is 0 Å². The lowest BCUT2D eigenvalue weighted by atomic mass is 9.93. The van der Waals surface area contributed by atoms with Crippen LogP contribution in [0.4, 0.5) is 0 Å². The smallest absolute Gasteiger partial charge is 0.335 e. The van der Waals surface area contributed by atoms with Gasteiger partial charge in [-0.15, -0.1) is 0 Å². The zero-order valence-corrected chi connectivity index (χ0v) is 7.24. The Morgan fingerprint density at radius 3 is 3.00 bits per heavy atom. The Bertz CT molecular complexity index is 325. The van der Waals surface area contributed by atoms with Gasteiger partial charge in [0.15, 0.2) is 0 Å². The molecule has 4 heteroatoms. The van der Waals surface area contributed by atoms with Crippen LogP contribution < -0.4 is 5.32 Å². The molecule has 1 rings (SSSR count). The number of hydrogen-bond acceptors (Lipinski definition) is 3. The van der Waals surface area contributed by atoms with E-state index in [0.29, 0.717) is 6.42 Å². The second-order valence-electron chi connectivity index (χ2n) is 2.82. The average molecular weight is 178 g/mol. The molecular weight excluding hydrogens is 168 g/mol. The maximum atomic E-state index is 10.6. The summed E-state index contributed by atoms with van der Waals surface area (Å²) in [6, 6.07) is 2.05. The summed E-state index contributed by atoms with van der Waals surface area (Å²) in [5, 5.41) is 20.4. The van der Waals surface area contributed by atoms with Gasteiger partial charge in [-0.25, -0.2) is 4.79 Å². The first-order chi connectivity index (χ1) is 6.13. The lowest BCUT2D eigenvalue weighted by molar-refractivity contribution is -0.132. The fourth-order valence-corrected chi connectivity index (χ4v) is 1.12. The van der Waals surface area contributed by atoms with Crippen molar-refractivity contribution in [2.45, 2.75) is 18.9 Å². The maximum Gasteiger partial charge on any atom is 0.335 e. The van der Waals surface area contributed by atoms with E-state index in [9.17, 15) is 4.79 Å². The van der Waals surface area contributed by atoms with E-state index in [1.165, 1.54) is 18.4 Å². The van der Waals surface area contributed by atoms with Crippen molar-refractivity contribution < 1.29 is 9.90 Å². The van der Waals surface area contributed by atoms with E-state index in [0.717, 1.165) is 0 Å². The number of rotatable bonds is 2. The van der Waals surface area contributed by atoms with Crippen LogP contribution in [0.3, 0.4) is 0 Å². The lowest BCUT2D eigenvalue weighted by Gasteiger charge is -2.24. The van der Waals surface area contributed by atoms with Gasteiger partial charge in [-0.1, -0.05) is 6.92 Å². The predicted molar refractivity (Wildman–Crippen MR) is 46.6 cm³/mol. The second-order valence-corrected chi connectivity index (χ2v) is 2.82. The average Bonchev–Trinajstić information content (AvgIpc) is 2.18. The summed E-state index contributed by atoms with van der Waals surface area (Å²) >= 11 is 0. The van der Waals surface area contributed by atoms with Gasteiger partial charge in [-0.3, -0.25) is 0 Å². The van der Waals surface area contributed by atoms with E-state index in [1.807, 2.05) is 13.0 Å². The number of carboxylic acids is 1. The van der Waals surface area contributed by atoms with Crippen molar-refractivity contribution >= 4 is 5.97 Å². The number of hydrogen-bond donors (Lipinski definition) is 2. The van der Waals surface area contributed by atoms with E-state index in [-0.39, 0.29) is 5.57 Å². The molecule has 1 unspecified atom stereocenters. The molecule has 1 aliphatic rings. The molecule has 68 valence electrons. The molecule has 0 saturated heterocycles. The molecule has 4 nitrogen and oxygen atoms in total. The van der Waals surface area contributed by atoms with Crippen LogP contribution in [0.5, 0.6) is 0 Å². The Morgan fingerprint density at radius 1 is 1.85 bits per heavy atom. The topological polar surface area (TPSA) is 73.1 Å². The van der Waals surface area contributed by atoms with Gasteiger partial charge < -0.3 is 10.4 Å². The highest BCUT2D eigenvalue weighted by atomic mass is 16.4. The molecule has 0 spiro atoms. The van der Waals surface area contributed by atoms with Crippen LogP contribution in [0.15, 0.2) is 23.9 Å². The van der Waals surface area contributed by atoms with Crippen molar-refractivity contribution in [3.63, 3.8) is 0 Å². The standard InChI is InChI=1S/C9H10N2O2/c1-2-9(6-10)5-7(8(12)13)3-4-11-9/h3-5,11H,2H2,1H3,(H,12,13). The number of dihydropyridines is 1. The number of carboxylic acid groups (broad SMARTS) is 1. The van der Waals surface area contributed by atoms with Gasteiger partial charge in [-0.05, 0) is 24.8 Å². The lowest BCUT2D eigenvalue weighted by Crippen LogP contribution is -2.40. The normalized spacial score (nSPS) is 25.7. The van der Waals surface area contributed by atoms with Crippen molar-refractivity contribution in [2.24, 2.45) is 0 Å². The minimum absolute atomic E-state index is 0.155. The van der Waals surface area contributed by atoms with Crippen LogP contribution in [0.2, 0.25) is 0 Å². The van der Waals surface area contributed by atoms with Crippen molar-refractivity contribution in [3.8, 4) is 6.07 Å². The fraction of sp³-hybridized carbons (Fsp3) is 0.333. The summed E-state index contributed by atoms with van der Waals surface area (Å²) < 4.78 is 0. The summed E-state index contributed by atoms with van der Waals surface area (Å²) in [5.41, 5.74) is -0.704. The van der Waals surface area contributed by atoms with Crippen LogP contribution in [-0.4, -0.2) is 16.6 Å². The molecule has 0 radical (unpaired) electrons. The number of aliphatic carboxylic acids is 1. The number of carbonyl (C=O) groups is 1. The van der Waals surface area contributed by atoms with Crippen molar-refractivity contribution in [2.75, 3.05) is 0 Å². The summed E-state index contributed by atoms with van der Waals surface area (Å²) in [6.07, 6.45) is 4.91. The van der Waals surface area contributed by atoms with Gasteiger partial charge in [0, 0.05) is 0 Å². The quantitative estimate of drug-likeness (QED) is 0.655.